The first-order valence-corrected chi connectivity index (χ1v) is 11.9. The molecule has 0 spiro atoms. The van der Waals surface area contributed by atoms with Crippen molar-refractivity contribution >= 4 is 5.97 Å². The van der Waals surface area contributed by atoms with Crippen molar-refractivity contribution in [3.8, 4) is 0 Å². The van der Waals surface area contributed by atoms with Crippen LogP contribution in [0, 0.1) is 34.0 Å². The van der Waals surface area contributed by atoms with Crippen molar-refractivity contribution in [3.05, 3.63) is 11.6 Å². The Morgan fingerprint density at radius 2 is 1.67 bits per heavy atom. The highest BCUT2D eigenvalue weighted by molar-refractivity contribution is 5.85. The molecule has 1 saturated heterocycles. The maximum absolute atomic E-state index is 11.7. The van der Waals surface area contributed by atoms with Crippen LogP contribution in [0.2, 0.25) is 0 Å². The number of aliphatic hydroxyl groups excluding tert-OH is 1. The number of cyclic esters (lactones) is 1. The molecule has 0 aromatic heterocycles. The molecule has 0 aromatic carbocycles. The molecule has 2 N–H and O–H groups in total. The maximum atomic E-state index is 11.7. The standard InChI is InChI=1S/C25H38O5/c1-22(2)8-5-9-23(3)17(22)6-10-24(4)18(23)7-11-25(28)14-29-16(13-19(24)25)15-12-20(26)30-21(15)27/h12,16-19,21,27-28H,5-11,13-14H2,1-4H3/t16-,17+,18-,19+,21?,23+,24-,25+/m1/s1. The minimum atomic E-state index is -1.21. The molecule has 0 aromatic rings. The largest absolute Gasteiger partial charge is 0.429 e. The number of aliphatic hydroxyl groups is 2. The van der Waals surface area contributed by atoms with Gasteiger partial charge in [-0.2, -0.15) is 0 Å². The Kier molecular flexibility index (Phi) is 4.58. The highest BCUT2D eigenvalue weighted by Gasteiger charge is 2.66. The molecule has 2 aliphatic heterocycles. The lowest BCUT2D eigenvalue weighted by atomic mass is 9.37. The molecule has 5 heteroatoms. The molecule has 168 valence electrons. The predicted molar refractivity (Wildman–Crippen MR) is 112 cm³/mol. The van der Waals surface area contributed by atoms with Gasteiger partial charge >= 0.3 is 5.97 Å². The average Bonchev–Trinajstić information content (AvgIpc) is 2.98. The fourth-order valence-electron chi connectivity index (χ4n) is 9.04. The van der Waals surface area contributed by atoms with Crippen LogP contribution in [0.15, 0.2) is 11.6 Å². The summed E-state index contributed by atoms with van der Waals surface area (Å²) < 4.78 is 10.9. The van der Waals surface area contributed by atoms with Crippen molar-refractivity contribution in [2.75, 3.05) is 6.61 Å². The van der Waals surface area contributed by atoms with Crippen LogP contribution in [0.3, 0.4) is 0 Å². The molecule has 30 heavy (non-hydrogen) atoms. The summed E-state index contributed by atoms with van der Waals surface area (Å²) in [6, 6.07) is 0. The monoisotopic (exact) mass is 418 g/mol. The Balaban J connectivity index is 1.48. The summed E-state index contributed by atoms with van der Waals surface area (Å²) in [7, 11) is 0. The SMILES string of the molecule is CC1(C)CCC[C@]2(C)[C@H]3CC[C@]4(O)CO[C@@H](C5=CC(=O)OC5O)C[C@H]4[C@]3(C)CC[C@@H]12. The number of ether oxygens (including phenoxy) is 2. The lowest BCUT2D eigenvalue weighted by Gasteiger charge is -2.68. The third-order valence-corrected chi connectivity index (χ3v) is 10.3. The van der Waals surface area contributed by atoms with Crippen LogP contribution in [-0.2, 0) is 14.3 Å². The fraction of sp³-hybridized carbons (Fsp3) is 0.880. The first-order valence-electron chi connectivity index (χ1n) is 11.9. The number of carbonyl (C=O) groups excluding carboxylic acids is 1. The van der Waals surface area contributed by atoms with E-state index in [1.165, 1.54) is 31.8 Å². The van der Waals surface area contributed by atoms with Crippen molar-refractivity contribution in [3.63, 3.8) is 0 Å². The summed E-state index contributed by atoms with van der Waals surface area (Å²) in [5.74, 6) is 0.929. The Morgan fingerprint density at radius 1 is 0.967 bits per heavy atom. The Morgan fingerprint density at radius 3 is 2.37 bits per heavy atom. The molecule has 8 atom stereocenters. The van der Waals surface area contributed by atoms with Gasteiger partial charge in [0.2, 0.25) is 6.29 Å². The summed E-state index contributed by atoms with van der Waals surface area (Å²) in [6.07, 6.45) is 8.56. The van der Waals surface area contributed by atoms with Gasteiger partial charge in [-0.25, -0.2) is 4.79 Å². The van der Waals surface area contributed by atoms with E-state index in [2.05, 4.69) is 27.7 Å². The van der Waals surface area contributed by atoms with Gasteiger partial charge in [0, 0.05) is 11.6 Å². The quantitative estimate of drug-likeness (QED) is 0.630. The van der Waals surface area contributed by atoms with Crippen molar-refractivity contribution in [1.82, 2.24) is 0 Å². The van der Waals surface area contributed by atoms with Gasteiger partial charge in [-0.15, -0.1) is 0 Å². The van der Waals surface area contributed by atoms with Gasteiger partial charge in [0.15, 0.2) is 0 Å². The summed E-state index contributed by atoms with van der Waals surface area (Å²) in [6.45, 7) is 10.2. The summed E-state index contributed by atoms with van der Waals surface area (Å²) in [5, 5.41) is 21.8. The van der Waals surface area contributed by atoms with E-state index < -0.39 is 17.9 Å². The molecular formula is C25H38O5. The summed E-state index contributed by atoms with van der Waals surface area (Å²) in [5.41, 5.74) is 0.449. The average molecular weight is 419 g/mol. The van der Waals surface area contributed by atoms with Gasteiger partial charge in [-0.05, 0) is 78.9 Å². The number of fused-ring (bicyclic) bond motifs is 5. The third kappa shape index (κ3) is 2.80. The van der Waals surface area contributed by atoms with Crippen molar-refractivity contribution in [2.45, 2.75) is 97.1 Å². The smallest absolute Gasteiger partial charge is 0.333 e. The predicted octanol–water partition coefficient (Wildman–Crippen LogP) is 3.97. The fourth-order valence-corrected chi connectivity index (χ4v) is 9.04. The van der Waals surface area contributed by atoms with Crippen LogP contribution in [0.25, 0.3) is 0 Å². The lowest BCUT2D eigenvalue weighted by molar-refractivity contribution is -0.255. The normalized spacial score (nSPS) is 52.5. The first-order chi connectivity index (χ1) is 14.0. The molecule has 0 radical (unpaired) electrons. The van der Waals surface area contributed by atoms with Crippen LogP contribution >= 0.6 is 0 Å². The van der Waals surface area contributed by atoms with E-state index in [1.807, 2.05) is 0 Å². The van der Waals surface area contributed by atoms with Crippen molar-refractivity contribution in [1.29, 1.82) is 0 Å². The van der Waals surface area contributed by atoms with Crippen LogP contribution < -0.4 is 0 Å². The molecule has 3 saturated carbocycles. The van der Waals surface area contributed by atoms with Crippen molar-refractivity contribution < 1.29 is 24.5 Å². The van der Waals surface area contributed by atoms with Gasteiger partial charge in [0.05, 0.1) is 18.3 Å². The molecular weight excluding hydrogens is 380 g/mol. The van der Waals surface area contributed by atoms with E-state index >= 15 is 0 Å². The van der Waals surface area contributed by atoms with Crippen LogP contribution in [0.5, 0.6) is 0 Å². The second-order valence-corrected chi connectivity index (χ2v) is 12.2. The second-order valence-electron chi connectivity index (χ2n) is 12.2. The van der Waals surface area contributed by atoms with Gasteiger partial charge in [-0.3, -0.25) is 0 Å². The molecule has 3 aliphatic carbocycles. The van der Waals surface area contributed by atoms with E-state index in [0.29, 0.717) is 28.7 Å². The topological polar surface area (TPSA) is 76.0 Å². The number of esters is 1. The van der Waals surface area contributed by atoms with E-state index in [1.54, 1.807) is 0 Å². The summed E-state index contributed by atoms with van der Waals surface area (Å²) in [4.78, 5) is 11.6. The molecule has 2 heterocycles. The zero-order valence-corrected chi connectivity index (χ0v) is 18.9. The maximum Gasteiger partial charge on any atom is 0.333 e. The van der Waals surface area contributed by atoms with Crippen LogP contribution in [0.4, 0.5) is 0 Å². The van der Waals surface area contributed by atoms with Gasteiger partial charge in [-0.1, -0.05) is 34.1 Å². The highest BCUT2D eigenvalue weighted by atomic mass is 16.6. The number of rotatable bonds is 1. The Bertz CT molecular complexity index is 774. The molecule has 4 fully saturated rings. The van der Waals surface area contributed by atoms with E-state index in [9.17, 15) is 15.0 Å². The third-order valence-electron chi connectivity index (χ3n) is 10.3. The molecule has 5 aliphatic rings. The van der Waals surface area contributed by atoms with Crippen LogP contribution in [-0.4, -0.2) is 40.8 Å². The zero-order chi connectivity index (χ0) is 21.5. The second kappa shape index (κ2) is 6.55. The zero-order valence-electron chi connectivity index (χ0n) is 18.9. The molecule has 0 amide bonds. The van der Waals surface area contributed by atoms with Gasteiger partial charge < -0.3 is 19.7 Å². The number of carbonyl (C=O) groups is 1. The first kappa shape index (κ1) is 21.0. The van der Waals surface area contributed by atoms with Crippen LogP contribution in [0.1, 0.15) is 79.1 Å². The van der Waals surface area contributed by atoms with E-state index in [4.69, 9.17) is 9.47 Å². The molecule has 0 bridgehead atoms. The van der Waals surface area contributed by atoms with E-state index in [0.717, 1.165) is 25.2 Å². The van der Waals surface area contributed by atoms with Gasteiger partial charge in [0.1, 0.15) is 0 Å². The molecule has 5 nitrogen and oxygen atoms in total. The number of hydrogen-bond acceptors (Lipinski definition) is 5. The van der Waals surface area contributed by atoms with E-state index in [-0.39, 0.29) is 24.0 Å². The highest BCUT2D eigenvalue weighted by Crippen LogP contribution is 2.70. The molecule has 1 unspecified atom stereocenters. The Hall–Kier alpha value is -0.910. The van der Waals surface area contributed by atoms with Gasteiger partial charge in [0.25, 0.3) is 0 Å². The molecule has 5 rings (SSSR count). The van der Waals surface area contributed by atoms with Crippen molar-refractivity contribution in [2.24, 2.45) is 34.0 Å². The number of hydrogen-bond donors (Lipinski definition) is 2. The minimum Gasteiger partial charge on any atom is -0.429 e. The Labute approximate surface area is 180 Å². The summed E-state index contributed by atoms with van der Waals surface area (Å²) >= 11 is 0. The minimum absolute atomic E-state index is 0.0443. The lowest BCUT2D eigenvalue weighted by Crippen LogP contribution is -2.66.